The molecule has 1 aliphatic heterocycles. The number of rotatable bonds is 5. The fourth-order valence-electron chi connectivity index (χ4n) is 18.5. The number of benzene rings is 20. The summed E-state index contributed by atoms with van der Waals surface area (Å²) in [4.78, 5) is 12.8. The Balaban J connectivity index is 0.000000100. The number of fused-ring (bicyclic) bond motifs is 24. The van der Waals surface area contributed by atoms with Crippen molar-refractivity contribution in [3.63, 3.8) is 0 Å². The third-order valence-corrected chi connectivity index (χ3v) is 27.3. The molecule has 594 valence electrons. The Morgan fingerprint density at radius 1 is 0.274 bits per heavy atom. The number of hydrogen-bond acceptors (Lipinski definition) is 5. The summed E-state index contributed by atoms with van der Waals surface area (Å²) in [6.45, 7) is 8.43. The minimum atomic E-state index is -0.421. The SMILES string of the molecule is Brc1ccc(-n2c3ccc4ccccc4c3c3c4ccccc4ccc32)c2ccccc12.Brc1ccc(Br)c2ccccc12.CC1(C)OB(c2ccc(-n3c4ccc5ccccc5c4c4c5ccccc5ccc43)c3ccccc23)OC1(C)C.Clc1nc(-c2ccccc2)nc(-c2ccccc2)n1.c1ccc2c3c(ccc2c1)Cc1ccc2ccccc2c1-3. The Morgan fingerprint density at radius 3 is 0.919 bits per heavy atom. The van der Waals surface area contributed by atoms with Crippen LogP contribution in [-0.4, -0.2) is 42.4 Å². The first-order valence-electron chi connectivity index (χ1n) is 41.8. The average Bonchev–Trinajstić information content (AvgIpc) is 1.55. The maximum absolute atomic E-state index is 6.50. The van der Waals surface area contributed by atoms with Crippen molar-refractivity contribution in [3.05, 3.63) is 418 Å². The summed E-state index contributed by atoms with van der Waals surface area (Å²) >= 11 is 16.8. The Morgan fingerprint density at radius 2 is 0.548 bits per heavy atom. The molecular weight excluding hydrogens is 1730 g/mol. The van der Waals surface area contributed by atoms with Crippen LogP contribution in [0, 0.1) is 0 Å². The molecular formula is C112H78BBr3ClN5O2. The number of nitrogens with zero attached hydrogens (tertiary/aromatic N) is 5. The third-order valence-electron chi connectivity index (χ3n) is 25.0. The minimum Gasteiger partial charge on any atom is -0.399 e. The van der Waals surface area contributed by atoms with Gasteiger partial charge < -0.3 is 18.4 Å². The first-order valence-corrected chi connectivity index (χ1v) is 44.5. The predicted molar refractivity (Wildman–Crippen MR) is 535 cm³/mol. The molecule has 1 aliphatic carbocycles. The topological polar surface area (TPSA) is 67.0 Å². The zero-order valence-electron chi connectivity index (χ0n) is 68.3. The zero-order valence-corrected chi connectivity index (χ0v) is 73.8. The van der Waals surface area contributed by atoms with E-state index in [1.165, 1.54) is 163 Å². The Labute approximate surface area is 748 Å². The molecule has 0 atom stereocenters. The van der Waals surface area contributed by atoms with Crippen molar-refractivity contribution in [3.8, 4) is 45.3 Å². The number of aromatic nitrogens is 5. The molecule has 1 saturated heterocycles. The zero-order chi connectivity index (χ0) is 83.9. The van der Waals surface area contributed by atoms with Crippen LogP contribution in [0.3, 0.4) is 0 Å². The summed E-state index contributed by atoms with van der Waals surface area (Å²) in [5.74, 6) is 1.17. The lowest BCUT2D eigenvalue weighted by Gasteiger charge is -2.32. The van der Waals surface area contributed by atoms with Gasteiger partial charge in [0.1, 0.15) is 0 Å². The summed E-state index contributed by atoms with van der Waals surface area (Å²) in [6, 6.07) is 137. The van der Waals surface area contributed by atoms with E-state index in [1.807, 2.05) is 84.9 Å². The van der Waals surface area contributed by atoms with Gasteiger partial charge in [-0.1, -0.05) is 381 Å². The molecule has 2 aliphatic rings. The normalized spacial score (nSPS) is 13.2. The van der Waals surface area contributed by atoms with Gasteiger partial charge >= 0.3 is 7.12 Å². The van der Waals surface area contributed by atoms with E-state index >= 15 is 0 Å². The quantitative estimate of drug-likeness (QED) is 0.161. The van der Waals surface area contributed by atoms with Crippen LogP contribution in [0.25, 0.3) is 186 Å². The second kappa shape index (κ2) is 32.4. The Hall–Kier alpha value is -12.9. The van der Waals surface area contributed by atoms with E-state index in [9.17, 15) is 0 Å². The summed E-state index contributed by atoms with van der Waals surface area (Å²) in [7, 11) is -0.421. The maximum atomic E-state index is 6.50. The van der Waals surface area contributed by atoms with E-state index in [0.29, 0.717) is 11.6 Å². The van der Waals surface area contributed by atoms with Gasteiger partial charge in [-0.3, -0.25) is 0 Å². The van der Waals surface area contributed by atoms with Gasteiger partial charge in [0, 0.05) is 56.9 Å². The summed E-state index contributed by atoms with van der Waals surface area (Å²) in [5.41, 5.74) is 15.2. The van der Waals surface area contributed by atoms with Crippen LogP contribution in [0.1, 0.15) is 38.8 Å². The summed E-state index contributed by atoms with van der Waals surface area (Å²) < 4.78 is 21.3. The molecule has 23 aromatic rings. The van der Waals surface area contributed by atoms with Crippen molar-refractivity contribution in [1.82, 2.24) is 24.1 Å². The molecule has 12 heteroatoms. The van der Waals surface area contributed by atoms with Crippen LogP contribution < -0.4 is 5.46 Å². The molecule has 0 amide bonds. The van der Waals surface area contributed by atoms with Gasteiger partial charge in [0.05, 0.1) is 44.6 Å². The van der Waals surface area contributed by atoms with E-state index < -0.39 is 18.3 Å². The molecule has 1 fully saturated rings. The first-order chi connectivity index (χ1) is 60.7. The van der Waals surface area contributed by atoms with Crippen LogP contribution in [0.2, 0.25) is 5.28 Å². The number of hydrogen-bond donors (Lipinski definition) is 0. The second-order valence-electron chi connectivity index (χ2n) is 32.7. The number of halogens is 4. The van der Waals surface area contributed by atoms with E-state index in [1.54, 1.807) is 0 Å². The maximum Gasteiger partial charge on any atom is 0.495 e. The van der Waals surface area contributed by atoms with Gasteiger partial charge in [0.25, 0.3) is 0 Å². The van der Waals surface area contributed by atoms with E-state index in [-0.39, 0.29) is 5.28 Å². The van der Waals surface area contributed by atoms with Gasteiger partial charge in [0.2, 0.25) is 5.28 Å². The highest BCUT2D eigenvalue weighted by atomic mass is 79.9. The molecule has 3 aromatic heterocycles. The standard InChI is InChI=1S/C36H30BNO2.C30H18BrN.C21H14.C15H10ClN3.C10H6Br2/c1-35(2)36(3,4)40-37(39-35)29-19-22-30(28-16-10-9-15-27(28)29)38-31-20-17-23-11-5-7-13-25(23)33(31)34-26-14-8-6-12-24(26)18-21-32(34)38;31-25-15-18-26(24-12-6-5-11-23(24)25)32-27-16-13-19-7-1-3-9-21(19)29(27)30-22-10-4-2-8-20(22)14-17-28(30)32;1-3-7-18-14(5-1)9-11-16-13-17-12-10-15-6-2-4-8-19(15)21(17)20(16)18;16-15-18-13(11-7-3-1-4-8-11)17-14(19-15)12-9-5-2-6-10-12;11-9-5-6-10(12)8-4-2-1-3-7(8)9/h5-22H,1-4H3;1-18H;1-12H,13H2;1-10H;1-6H. The molecule has 0 spiro atoms. The molecule has 7 nitrogen and oxygen atoms in total. The van der Waals surface area contributed by atoms with Crippen molar-refractivity contribution in [2.75, 3.05) is 0 Å². The minimum absolute atomic E-state index is 0.202. The fourth-order valence-corrected chi connectivity index (χ4v) is 20.1. The molecule has 4 heterocycles. The van der Waals surface area contributed by atoms with Gasteiger partial charge in [-0.2, -0.15) is 9.97 Å². The highest BCUT2D eigenvalue weighted by Crippen LogP contribution is 2.48. The molecule has 0 N–H and O–H groups in total. The van der Waals surface area contributed by atoms with Gasteiger partial charge in [0.15, 0.2) is 11.6 Å². The van der Waals surface area contributed by atoms with E-state index in [4.69, 9.17) is 20.9 Å². The van der Waals surface area contributed by atoms with Crippen molar-refractivity contribution in [1.29, 1.82) is 0 Å². The molecule has 0 bridgehead atoms. The monoisotopic (exact) mass is 1810 g/mol. The highest BCUT2D eigenvalue weighted by Gasteiger charge is 2.52. The van der Waals surface area contributed by atoms with Crippen molar-refractivity contribution in [2.24, 2.45) is 0 Å². The van der Waals surface area contributed by atoms with E-state index in [2.05, 4.69) is 403 Å². The second-order valence-corrected chi connectivity index (χ2v) is 35.6. The lowest BCUT2D eigenvalue weighted by Crippen LogP contribution is -2.41. The van der Waals surface area contributed by atoms with Gasteiger partial charge in [-0.15, -0.1) is 0 Å². The van der Waals surface area contributed by atoms with Crippen molar-refractivity contribution >= 4 is 213 Å². The lowest BCUT2D eigenvalue weighted by molar-refractivity contribution is 0.00578. The van der Waals surface area contributed by atoms with Crippen molar-refractivity contribution < 1.29 is 9.31 Å². The molecule has 0 saturated carbocycles. The average molecular weight is 1810 g/mol. The molecule has 25 rings (SSSR count). The first kappa shape index (κ1) is 78.3. The van der Waals surface area contributed by atoms with E-state index in [0.717, 1.165) is 47.5 Å². The lowest BCUT2D eigenvalue weighted by atomic mass is 9.76. The van der Waals surface area contributed by atoms with Crippen LogP contribution in [0.15, 0.2) is 402 Å². The third kappa shape index (κ3) is 14.0. The molecule has 124 heavy (non-hydrogen) atoms. The summed E-state index contributed by atoms with van der Waals surface area (Å²) in [6.07, 6.45) is 1.06. The molecule has 0 radical (unpaired) electrons. The van der Waals surface area contributed by atoms with Crippen LogP contribution in [0.4, 0.5) is 0 Å². The Bertz CT molecular complexity index is 7810. The van der Waals surface area contributed by atoms with Crippen LogP contribution >= 0.6 is 59.4 Å². The van der Waals surface area contributed by atoms with Gasteiger partial charge in [-0.05, 0) is 214 Å². The smallest absolute Gasteiger partial charge is 0.399 e. The molecule has 20 aromatic carbocycles. The van der Waals surface area contributed by atoms with Crippen LogP contribution in [0.5, 0.6) is 0 Å². The molecule has 0 unspecified atom stereocenters. The summed E-state index contributed by atoms with van der Waals surface area (Å²) in [5, 5.41) is 28.3. The van der Waals surface area contributed by atoms with Crippen molar-refractivity contribution in [2.45, 2.75) is 45.3 Å². The highest BCUT2D eigenvalue weighted by molar-refractivity contribution is 9.11. The van der Waals surface area contributed by atoms with Crippen LogP contribution in [-0.2, 0) is 15.7 Å². The predicted octanol–water partition coefficient (Wildman–Crippen LogP) is 31.3. The van der Waals surface area contributed by atoms with Gasteiger partial charge in [-0.25, -0.2) is 4.98 Å². The largest absolute Gasteiger partial charge is 0.495 e. The Kier molecular flexibility index (Phi) is 20.5. The fraction of sp³-hybridized carbons (Fsp3) is 0.0625.